The van der Waals surface area contributed by atoms with Gasteiger partial charge in [-0.2, -0.15) is 0 Å². The number of carbonyl (C=O) groups excluding carboxylic acids is 4. The first-order valence-electron chi connectivity index (χ1n) is 10.2. The quantitative estimate of drug-likeness (QED) is 0.433. The summed E-state index contributed by atoms with van der Waals surface area (Å²) in [7, 11) is 0. The molecule has 2 aliphatic rings. The molecule has 2 rings (SSSR count). The molecule has 0 aromatic carbocycles. The standard InChI is InChI=1S/C11H18O5.C10H16O5/c1-8(12)5-10(3)7-15-11(4,16-10)14-6-9(2)13;1-8(11)6-14-10(4-3-5-13-10)15-7-9(2)12/h5-7H2,1-4H3;3-7H2,1-2H3. The molecule has 2 heterocycles. The van der Waals surface area contributed by atoms with Crippen LogP contribution in [0, 0.1) is 0 Å². The van der Waals surface area contributed by atoms with Crippen molar-refractivity contribution in [1.29, 1.82) is 0 Å². The molecule has 0 aliphatic carbocycles. The minimum absolute atomic E-state index is 0.0296. The first-order chi connectivity index (χ1) is 14.3. The lowest BCUT2D eigenvalue weighted by atomic mass is 10.0. The topological polar surface area (TPSA) is 124 Å². The van der Waals surface area contributed by atoms with Gasteiger partial charge in [-0.1, -0.05) is 0 Å². The zero-order valence-corrected chi connectivity index (χ0v) is 19.2. The number of Topliss-reactive ketones (excluding diaryl/α,β-unsaturated/α-hetero) is 4. The van der Waals surface area contributed by atoms with E-state index in [0.29, 0.717) is 13.0 Å². The second-order valence-corrected chi connectivity index (χ2v) is 8.19. The Kier molecular flexibility index (Phi) is 10.5. The van der Waals surface area contributed by atoms with Crippen LogP contribution in [0.3, 0.4) is 0 Å². The van der Waals surface area contributed by atoms with Gasteiger partial charge in [0, 0.05) is 19.8 Å². The minimum Gasteiger partial charge on any atom is -0.327 e. The van der Waals surface area contributed by atoms with Gasteiger partial charge in [0.05, 0.1) is 13.2 Å². The van der Waals surface area contributed by atoms with Gasteiger partial charge in [-0.15, -0.1) is 0 Å². The third kappa shape index (κ3) is 10.5. The Bertz CT molecular complexity index is 635. The van der Waals surface area contributed by atoms with Crippen LogP contribution in [0.1, 0.15) is 60.8 Å². The zero-order chi connectivity index (χ0) is 23.7. The van der Waals surface area contributed by atoms with E-state index in [1.165, 1.54) is 27.7 Å². The van der Waals surface area contributed by atoms with Crippen LogP contribution < -0.4 is 0 Å². The summed E-state index contributed by atoms with van der Waals surface area (Å²) in [5.74, 6) is -2.68. The summed E-state index contributed by atoms with van der Waals surface area (Å²) >= 11 is 0. The SMILES string of the molecule is CC(=O)COC1(C)OCC(C)(CC(C)=O)O1.CC(=O)COC1(OCC(C)=O)CCCO1. The van der Waals surface area contributed by atoms with Gasteiger partial charge in [0.1, 0.15) is 31.2 Å². The maximum atomic E-state index is 11.1. The molecule has 178 valence electrons. The summed E-state index contributed by atoms with van der Waals surface area (Å²) < 4.78 is 32.0. The Hall–Kier alpha value is -1.56. The molecular weight excluding hydrogens is 412 g/mol. The van der Waals surface area contributed by atoms with E-state index in [1.54, 1.807) is 13.8 Å². The number of ether oxygens (including phenoxy) is 6. The highest BCUT2D eigenvalue weighted by Gasteiger charge is 2.46. The van der Waals surface area contributed by atoms with Crippen LogP contribution in [0.15, 0.2) is 0 Å². The molecule has 0 bridgehead atoms. The van der Waals surface area contributed by atoms with Crippen LogP contribution >= 0.6 is 0 Å². The molecule has 2 fully saturated rings. The van der Waals surface area contributed by atoms with Gasteiger partial charge >= 0.3 is 0 Å². The first kappa shape index (κ1) is 27.5. The second kappa shape index (κ2) is 11.9. The lowest BCUT2D eigenvalue weighted by Gasteiger charge is -2.27. The lowest BCUT2D eigenvalue weighted by Crippen LogP contribution is -2.38. The maximum Gasteiger partial charge on any atom is 0.283 e. The zero-order valence-electron chi connectivity index (χ0n) is 19.2. The minimum atomic E-state index is -1.23. The fourth-order valence-electron chi connectivity index (χ4n) is 2.99. The molecule has 31 heavy (non-hydrogen) atoms. The fourth-order valence-corrected chi connectivity index (χ4v) is 2.99. The predicted molar refractivity (Wildman–Crippen MR) is 107 cm³/mol. The molecule has 2 atom stereocenters. The molecule has 0 radical (unpaired) electrons. The highest BCUT2D eigenvalue weighted by Crippen LogP contribution is 2.34. The second-order valence-electron chi connectivity index (χ2n) is 8.19. The van der Waals surface area contributed by atoms with Gasteiger partial charge in [0.15, 0.2) is 17.3 Å². The number of carbonyl (C=O) groups is 4. The van der Waals surface area contributed by atoms with E-state index in [-0.39, 0.29) is 56.0 Å². The number of ketones is 4. The smallest absolute Gasteiger partial charge is 0.283 e. The molecule has 0 amide bonds. The molecule has 0 aromatic heterocycles. The monoisotopic (exact) mass is 446 g/mol. The van der Waals surface area contributed by atoms with Crippen LogP contribution in [0.2, 0.25) is 0 Å². The third-order valence-electron chi connectivity index (χ3n) is 4.17. The number of hydrogen-bond donors (Lipinski definition) is 0. The average molecular weight is 446 g/mol. The molecule has 0 saturated carbocycles. The van der Waals surface area contributed by atoms with E-state index in [0.717, 1.165) is 6.42 Å². The van der Waals surface area contributed by atoms with Gasteiger partial charge in [-0.3, -0.25) is 19.2 Å². The number of hydrogen-bond acceptors (Lipinski definition) is 10. The number of rotatable bonds is 11. The summed E-state index contributed by atoms with van der Waals surface area (Å²) in [6, 6.07) is 0. The Morgan fingerprint density at radius 2 is 1.29 bits per heavy atom. The van der Waals surface area contributed by atoms with Crippen molar-refractivity contribution in [3.63, 3.8) is 0 Å². The first-order valence-corrected chi connectivity index (χ1v) is 10.2. The summed E-state index contributed by atoms with van der Waals surface area (Å²) in [5, 5.41) is 0. The highest BCUT2D eigenvalue weighted by atomic mass is 16.9. The molecule has 2 saturated heterocycles. The Balaban J connectivity index is 0.000000311. The predicted octanol–water partition coefficient (Wildman–Crippen LogP) is 1.71. The molecule has 0 aromatic rings. The van der Waals surface area contributed by atoms with Crippen molar-refractivity contribution in [2.24, 2.45) is 0 Å². The summed E-state index contributed by atoms with van der Waals surface area (Å²) in [5.41, 5.74) is -0.669. The molecule has 2 aliphatic heterocycles. The molecule has 0 N–H and O–H groups in total. The third-order valence-corrected chi connectivity index (χ3v) is 4.17. The summed E-state index contributed by atoms with van der Waals surface area (Å²) in [6.07, 6.45) is 1.62. The molecule has 0 spiro atoms. The van der Waals surface area contributed by atoms with Crippen molar-refractivity contribution < 1.29 is 47.6 Å². The van der Waals surface area contributed by atoms with Crippen molar-refractivity contribution in [3.05, 3.63) is 0 Å². The Morgan fingerprint density at radius 3 is 1.71 bits per heavy atom. The highest BCUT2D eigenvalue weighted by molar-refractivity contribution is 5.77. The van der Waals surface area contributed by atoms with Crippen LogP contribution in [0.25, 0.3) is 0 Å². The molecular formula is C21H34O10. The van der Waals surface area contributed by atoms with E-state index in [4.69, 9.17) is 28.4 Å². The molecule has 10 heteroatoms. The van der Waals surface area contributed by atoms with Gasteiger partial charge in [0.25, 0.3) is 11.9 Å². The van der Waals surface area contributed by atoms with Crippen LogP contribution in [-0.4, -0.2) is 73.7 Å². The van der Waals surface area contributed by atoms with Crippen LogP contribution in [0.4, 0.5) is 0 Å². The summed E-state index contributed by atoms with van der Waals surface area (Å²) in [6.45, 7) is 9.78. The van der Waals surface area contributed by atoms with E-state index in [1.807, 2.05) is 0 Å². The van der Waals surface area contributed by atoms with Gasteiger partial charge in [-0.05, 0) is 41.0 Å². The van der Waals surface area contributed by atoms with E-state index in [2.05, 4.69) is 0 Å². The van der Waals surface area contributed by atoms with E-state index >= 15 is 0 Å². The fraction of sp³-hybridized carbons (Fsp3) is 0.810. The normalized spacial score (nSPS) is 26.8. The van der Waals surface area contributed by atoms with Crippen molar-refractivity contribution in [2.75, 3.05) is 33.0 Å². The lowest BCUT2D eigenvalue weighted by molar-refractivity contribution is -0.354. The van der Waals surface area contributed by atoms with E-state index < -0.39 is 17.5 Å². The Morgan fingerprint density at radius 1 is 0.774 bits per heavy atom. The summed E-state index contributed by atoms with van der Waals surface area (Å²) in [4.78, 5) is 43.4. The molecule has 2 unspecified atom stereocenters. The van der Waals surface area contributed by atoms with Crippen molar-refractivity contribution in [2.45, 2.75) is 78.4 Å². The van der Waals surface area contributed by atoms with Crippen LogP contribution in [0.5, 0.6) is 0 Å². The van der Waals surface area contributed by atoms with E-state index in [9.17, 15) is 19.2 Å². The molecule has 10 nitrogen and oxygen atoms in total. The van der Waals surface area contributed by atoms with Crippen molar-refractivity contribution in [3.8, 4) is 0 Å². The Labute approximate surface area is 182 Å². The average Bonchev–Trinajstić information content (AvgIpc) is 3.22. The van der Waals surface area contributed by atoms with Gasteiger partial charge in [-0.25, -0.2) is 0 Å². The maximum absolute atomic E-state index is 11.1. The van der Waals surface area contributed by atoms with Gasteiger partial charge in [0.2, 0.25) is 0 Å². The van der Waals surface area contributed by atoms with Crippen molar-refractivity contribution in [1.82, 2.24) is 0 Å². The van der Waals surface area contributed by atoms with Crippen LogP contribution in [-0.2, 0) is 47.6 Å². The van der Waals surface area contributed by atoms with Gasteiger partial charge < -0.3 is 28.4 Å². The van der Waals surface area contributed by atoms with Crippen molar-refractivity contribution >= 4 is 23.1 Å². The largest absolute Gasteiger partial charge is 0.327 e.